The van der Waals surface area contributed by atoms with E-state index in [1.807, 2.05) is 42.5 Å². The van der Waals surface area contributed by atoms with E-state index in [0.717, 1.165) is 60.0 Å². The molecule has 3 aromatic rings. The molecule has 5 rings (SSSR count). The van der Waals surface area contributed by atoms with Crippen molar-refractivity contribution in [3.8, 4) is 23.0 Å². The van der Waals surface area contributed by atoms with Crippen molar-refractivity contribution in [3.05, 3.63) is 82.4 Å². The van der Waals surface area contributed by atoms with E-state index in [-0.39, 0.29) is 18.1 Å². The van der Waals surface area contributed by atoms with Crippen LogP contribution in [0.4, 0.5) is 0 Å². The maximum atomic E-state index is 12.4. The van der Waals surface area contributed by atoms with Gasteiger partial charge < -0.3 is 34.3 Å². The molecular weight excluding hydrogens is 532 g/mol. The second-order valence-electron chi connectivity index (χ2n) is 10.4. The third-order valence-electron chi connectivity index (χ3n) is 7.52. The molecular formula is C31H35ClN2O6. The maximum absolute atomic E-state index is 12.4. The molecule has 2 heterocycles. The molecule has 3 aromatic carbocycles. The third-order valence-corrected chi connectivity index (χ3v) is 7.75. The highest BCUT2D eigenvalue weighted by atomic mass is 35.5. The van der Waals surface area contributed by atoms with E-state index in [1.54, 1.807) is 32.4 Å². The predicted molar refractivity (Wildman–Crippen MR) is 153 cm³/mol. The largest absolute Gasteiger partial charge is 0.497 e. The van der Waals surface area contributed by atoms with E-state index < -0.39 is 6.10 Å². The molecule has 2 aliphatic heterocycles. The van der Waals surface area contributed by atoms with Crippen LogP contribution < -0.4 is 24.3 Å². The number of hydrogen-bond donors (Lipinski definition) is 2. The molecule has 1 fully saturated rings. The van der Waals surface area contributed by atoms with Gasteiger partial charge in [-0.1, -0.05) is 23.7 Å². The Morgan fingerprint density at radius 2 is 1.82 bits per heavy atom. The minimum absolute atomic E-state index is 0.0496. The van der Waals surface area contributed by atoms with Gasteiger partial charge in [0.2, 0.25) is 0 Å². The number of benzene rings is 3. The lowest BCUT2D eigenvalue weighted by molar-refractivity contribution is -0.00201. The highest BCUT2D eigenvalue weighted by Gasteiger charge is 2.42. The summed E-state index contributed by atoms with van der Waals surface area (Å²) in [5.74, 6) is 2.35. The minimum atomic E-state index is -0.726. The topological polar surface area (TPSA) is 89.5 Å². The van der Waals surface area contributed by atoms with Gasteiger partial charge in [-0.25, -0.2) is 0 Å². The number of methoxy groups -OCH3 is 1. The Morgan fingerprint density at radius 3 is 2.55 bits per heavy atom. The first-order valence-electron chi connectivity index (χ1n) is 13.5. The summed E-state index contributed by atoms with van der Waals surface area (Å²) in [6.45, 7) is 2.50. The summed E-state index contributed by atoms with van der Waals surface area (Å²) in [7, 11) is 3.19. The van der Waals surface area contributed by atoms with Crippen LogP contribution in [0.1, 0.15) is 34.3 Å². The lowest BCUT2D eigenvalue weighted by atomic mass is 9.87. The van der Waals surface area contributed by atoms with Crippen LogP contribution in [0.25, 0.3) is 0 Å². The highest BCUT2D eigenvalue weighted by molar-refractivity contribution is 6.30. The van der Waals surface area contributed by atoms with Gasteiger partial charge in [-0.2, -0.15) is 0 Å². The van der Waals surface area contributed by atoms with Crippen LogP contribution in [0, 0.1) is 0 Å². The quantitative estimate of drug-likeness (QED) is 0.373. The first-order valence-corrected chi connectivity index (χ1v) is 13.9. The first-order chi connectivity index (χ1) is 19.4. The molecule has 0 saturated carbocycles. The zero-order valence-corrected chi connectivity index (χ0v) is 23.6. The van der Waals surface area contributed by atoms with Crippen molar-refractivity contribution in [2.45, 2.75) is 37.6 Å². The van der Waals surface area contributed by atoms with Gasteiger partial charge in [-0.05, 0) is 53.6 Å². The lowest BCUT2D eigenvalue weighted by Crippen LogP contribution is -2.49. The highest BCUT2D eigenvalue weighted by Crippen LogP contribution is 2.42. The van der Waals surface area contributed by atoms with Gasteiger partial charge >= 0.3 is 0 Å². The van der Waals surface area contributed by atoms with Crippen LogP contribution >= 0.6 is 11.6 Å². The molecule has 1 amide bonds. The van der Waals surface area contributed by atoms with E-state index in [0.29, 0.717) is 30.2 Å². The summed E-state index contributed by atoms with van der Waals surface area (Å²) in [6.07, 6.45) is 1.89. The van der Waals surface area contributed by atoms with Crippen LogP contribution in [0.3, 0.4) is 0 Å². The first kappa shape index (κ1) is 28.1. The number of hydrogen-bond acceptors (Lipinski definition) is 7. The van der Waals surface area contributed by atoms with Gasteiger partial charge in [0.25, 0.3) is 5.91 Å². The van der Waals surface area contributed by atoms with Gasteiger partial charge in [0, 0.05) is 57.0 Å². The zero-order chi connectivity index (χ0) is 28.1. The average molecular weight is 567 g/mol. The van der Waals surface area contributed by atoms with Crippen LogP contribution in [0.5, 0.6) is 23.0 Å². The molecule has 0 unspecified atom stereocenters. The van der Waals surface area contributed by atoms with Gasteiger partial charge in [0.1, 0.15) is 47.9 Å². The molecule has 1 saturated heterocycles. The Hall–Kier alpha value is -3.46. The van der Waals surface area contributed by atoms with Gasteiger partial charge in [-0.15, -0.1) is 0 Å². The summed E-state index contributed by atoms with van der Waals surface area (Å²) >= 11 is 6.16. The van der Waals surface area contributed by atoms with Crippen molar-refractivity contribution in [2.75, 3.05) is 40.4 Å². The van der Waals surface area contributed by atoms with E-state index in [1.165, 1.54) is 0 Å². The second kappa shape index (κ2) is 12.4. The number of aliphatic hydroxyl groups is 1. The standard InChI is InChI=1S/C31H35ClN2O6/c1-33-30(36)27-9-8-26(38-19-21-3-6-25(37-2)7-4-21)16-29(27)39-20-24(35)18-34-13-11-31(12-14-34)17-22-15-23(32)5-10-28(22)40-31/h3-10,15-16,24,35H,11-14,17-20H2,1-2H3,(H,33,36)/t24-/m1/s1. The van der Waals surface area contributed by atoms with Crippen LogP contribution in [0.2, 0.25) is 5.02 Å². The molecule has 0 aliphatic carbocycles. The summed E-state index contributed by atoms with van der Waals surface area (Å²) < 4.78 is 23.4. The number of amides is 1. The van der Waals surface area contributed by atoms with Crippen molar-refractivity contribution in [1.82, 2.24) is 10.2 Å². The summed E-state index contributed by atoms with van der Waals surface area (Å²) in [4.78, 5) is 14.7. The molecule has 40 heavy (non-hydrogen) atoms. The van der Waals surface area contributed by atoms with E-state index >= 15 is 0 Å². The molecule has 2 aliphatic rings. The lowest BCUT2D eigenvalue weighted by Gasteiger charge is -2.39. The van der Waals surface area contributed by atoms with Crippen molar-refractivity contribution in [3.63, 3.8) is 0 Å². The molecule has 2 N–H and O–H groups in total. The van der Waals surface area contributed by atoms with E-state index in [2.05, 4.69) is 10.2 Å². The van der Waals surface area contributed by atoms with E-state index in [9.17, 15) is 9.90 Å². The molecule has 0 radical (unpaired) electrons. The number of nitrogens with zero attached hydrogens (tertiary/aromatic N) is 1. The average Bonchev–Trinajstić information content (AvgIpc) is 3.33. The SMILES string of the molecule is CNC(=O)c1ccc(OCc2ccc(OC)cc2)cc1OC[C@H](O)CN1CCC2(CC1)Cc1cc(Cl)ccc1O2. The second-order valence-corrected chi connectivity index (χ2v) is 10.8. The Morgan fingerprint density at radius 1 is 1.07 bits per heavy atom. The van der Waals surface area contributed by atoms with Gasteiger partial charge in [-0.3, -0.25) is 4.79 Å². The molecule has 0 bridgehead atoms. The molecule has 1 spiro atoms. The fourth-order valence-corrected chi connectivity index (χ4v) is 5.48. The number of β-amino-alcohol motifs (C(OH)–C–C–N with tert-alkyl or cyclic N) is 1. The van der Waals surface area contributed by atoms with E-state index in [4.69, 9.17) is 30.5 Å². The number of rotatable bonds is 10. The number of carbonyl (C=O) groups is 1. The number of likely N-dealkylation sites (tertiary alicyclic amines) is 1. The summed E-state index contributed by atoms with van der Waals surface area (Å²) in [5, 5.41) is 14.2. The Bertz CT molecular complexity index is 1320. The van der Waals surface area contributed by atoms with Crippen LogP contribution in [-0.2, 0) is 13.0 Å². The number of piperidine rings is 1. The van der Waals surface area contributed by atoms with Crippen molar-refractivity contribution in [1.29, 1.82) is 0 Å². The van der Waals surface area contributed by atoms with Gasteiger partial charge in [0.15, 0.2) is 0 Å². The monoisotopic (exact) mass is 566 g/mol. The Balaban J connectivity index is 1.14. The molecule has 0 aromatic heterocycles. The van der Waals surface area contributed by atoms with Gasteiger partial charge in [0.05, 0.1) is 12.7 Å². The van der Waals surface area contributed by atoms with Crippen LogP contribution in [0.15, 0.2) is 60.7 Å². The summed E-state index contributed by atoms with van der Waals surface area (Å²) in [5.41, 5.74) is 2.33. The number of halogens is 1. The van der Waals surface area contributed by atoms with Crippen molar-refractivity contribution in [2.24, 2.45) is 0 Å². The third kappa shape index (κ3) is 6.63. The summed E-state index contributed by atoms with van der Waals surface area (Å²) in [6, 6.07) is 18.5. The molecule has 1 atom stereocenters. The van der Waals surface area contributed by atoms with Crippen molar-refractivity contribution < 1.29 is 28.8 Å². The predicted octanol–water partition coefficient (Wildman–Crippen LogP) is 4.50. The maximum Gasteiger partial charge on any atom is 0.254 e. The minimum Gasteiger partial charge on any atom is -0.497 e. The van der Waals surface area contributed by atoms with Crippen molar-refractivity contribution >= 4 is 17.5 Å². The number of fused-ring (bicyclic) bond motifs is 1. The molecule has 8 nitrogen and oxygen atoms in total. The number of nitrogens with one attached hydrogen (secondary N) is 1. The normalized spacial score (nSPS) is 16.6. The zero-order valence-electron chi connectivity index (χ0n) is 22.8. The smallest absolute Gasteiger partial charge is 0.254 e. The number of aliphatic hydroxyl groups excluding tert-OH is 1. The molecule has 9 heteroatoms. The Labute approximate surface area is 239 Å². The Kier molecular flexibility index (Phi) is 8.69. The molecule has 212 valence electrons. The number of ether oxygens (including phenoxy) is 4. The number of carbonyl (C=O) groups excluding carboxylic acids is 1. The van der Waals surface area contributed by atoms with Crippen LogP contribution in [-0.4, -0.2) is 68.0 Å². The fraction of sp³-hybridized carbons (Fsp3) is 0.387. The fourth-order valence-electron chi connectivity index (χ4n) is 5.28.